The molecule has 0 saturated heterocycles. The minimum atomic E-state index is -0.215. The Kier molecular flexibility index (Phi) is 2.74. The highest BCUT2D eigenvalue weighted by atomic mass is 16.2. The number of hydrogen-bond donors (Lipinski definition) is 3. The van der Waals surface area contributed by atoms with Gasteiger partial charge in [-0.1, -0.05) is 30.3 Å². The van der Waals surface area contributed by atoms with Crippen LogP contribution in [0.3, 0.4) is 0 Å². The largest absolute Gasteiger partial charge is 0.328 e. The molecule has 98 valence electrons. The number of nitrogens with one attached hydrogen (secondary N) is 3. The van der Waals surface area contributed by atoms with Gasteiger partial charge in [-0.05, 0) is 25.3 Å². The number of aryl methyl sites for hydroxylation is 1. The molecule has 0 bridgehead atoms. The van der Waals surface area contributed by atoms with E-state index in [9.17, 15) is 4.79 Å². The molecule has 19 heavy (non-hydrogen) atoms. The Morgan fingerprint density at radius 2 is 2.05 bits per heavy atom. The van der Waals surface area contributed by atoms with Crippen molar-refractivity contribution in [3.8, 4) is 0 Å². The van der Waals surface area contributed by atoms with Crippen LogP contribution >= 0.6 is 0 Å². The van der Waals surface area contributed by atoms with Crippen LogP contribution in [-0.4, -0.2) is 16.2 Å². The van der Waals surface area contributed by atoms with E-state index in [0.29, 0.717) is 5.82 Å². The Bertz CT molecular complexity index is 587. The van der Waals surface area contributed by atoms with Crippen molar-refractivity contribution in [1.82, 2.24) is 15.5 Å². The lowest BCUT2D eigenvalue weighted by molar-refractivity contribution is 0.247. The van der Waals surface area contributed by atoms with Gasteiger partial charge >= 0.3 is 6.03 Å². The molecule has 3 N–H and O–H groups in total. The number of rotatable bonds is 3. The lowest BCUT2D eigenvalue weighted by Gasteiger charge is -2.17. The maximum absolute atomic E-state index is 12.0. The number of aromatic amines is 1. The Morgan fingerprint density at radius 1 is 1.32 bits per heavy atom. The molecule has 1 saturated carbocycles. The fourth-order valence-corrected chi connectivity index (χ4v) is 2.21. The van der Waals surface area contributed by atoms with Crippen LogP contribution in [0.1, 0.15) is 24.1 Å². The molecule has 2 aromatic rings. The van der Waals surface area contributed by atoms with Crippen LogP contribution < -0.4 is 10.6 Å². The molecule has 1 aromatic heterocycles. The van der Waals surface area contributed by atoms with Crippen LogP contribution in [0.25, 0.3) is 0 Å². The van der Waals surface area contributed by atoms with Gasteiger partial charge in [-0.2, -0.15) is 5.10 Å². The summed E-state index contributed by atoms with van der Waals surface area (Å²) in [6, 6.07) is 11.6. The summed E-state index contributed by atoms with van der Waals surface area (Å²) in [5.74, 6) is 0.541. The van der Waals surface area contributed by atoms with E-state index in [2.05, 4.69) is 20.8 Å². The first-order chi connectivity index (χ1) is 9.18. The predicted octanol–water partition coefficient (Wildman–Crippen LogP) is 2.53. The van der Waals surface area contributed by atoms with E-state index in [1.54, 1.807) is 6.07 Å². The van der Waals surface area contributed by atoms with Crippen molar-refractivity contribution in [1.29, 1.82) is 0 Å². The zero-order chi connectivity index (χ0) is 13.3. The van der Waals surface area contributed by atoms with Crippen LogP contribution in [-0.2, 0) is 5.54 Å². The van der Waals surface area contributed by atoms with E-state index >= 15 is 0 Å². The maximum Gasteiger partial charge on any atom is 0.321 e. The number of H-pyrrole nitrogens is 1. The van der Waals surface area contributed by atoms with Crippen molar-refractivity contribution >= 4 is 11.8 Å². The van der Waals surface area contributed by atoms with Crippen molar-refractivity contribution in [3.05, 3.63) is 47.7 Å². The molecular weight excluding hydrogens is 240 g/mol. The average molecular weight is 256 g/mol. The van der Waals surface area contributed by atoms with Crippen LogP contribution in [0.4, 0.5) is 10.6 Å². The molecule has 5 heteroatoms. The lowest BCUT2D eigenvalue weighted by atomic mass is 10.1. The normalized spacial score (nSPS) is 15.8. The van der Waals surface area contributed by atoms with Gasteiger partial charge in [0.2, 0.25) is 0 Å². The van der Waals surface area contributed by atoms with E-state index in [1.165, 1.54) is 0 Å². The van der Waals surface area contributed by atoms with Gasteiger partial charge in [0.25, 0.3) is 0 Å². The van der Waals surface area contributed by atoms with Gasteiger partial charge in [0.15, 0.2) is 5.82 Å². The molecule has 0 aliphatic heterocycles. The van der Waals surface area contributed by atoms with Gasteiger partial charge in [0.05, 0.1) is 5.54 Å². The first-order valence-corrected chi connectivity index (χ1v) is 6.35. The fraction of sp³-hybridized carbons (Fsp3) is 0.286. The Balaban J connectivity index is 1.67. The predicted molar refractivity (Wildman–Crippen MR) is 72.8 cm³/mol. The quantitative estimate of drug-likeness (QED) is 0.789. The zero-order valence-electron chi connectivity index (χ0n) is 10.7. The third-order valence-corrected chi connectivity index (χ3v) is 3.38. The number of aromatic nitrogens is 2. The van der Waals surface area contributed by atoms with Gasteiger partial charge in [-0.25, -0.2) is 4.79 Å². The fourth-order valence-electron chi connectivity index (χ4n) is 2.21. The average Bonchev–Trinajstić information content (AvgIpc) is 3.07. The van der Waals surface area contributed by atoms with Gasteiger partial charge in [-0.15, -0.1) is 0 Å². The van der Waals surface area contributed by atoms with Gasteiger partial charge in [-0.3, -0.25) is 10.4 Å². The first kappa shape index (κ1) is 11.8. The lowest BCUT2D eigenvalue weighted by Crippen LogP contribution is -2.38. The van der Waals surface area contributed by atoms with E-state index in [4.69, 9.17) is 0 Å². The van der Waals surface area contributed by atoms with Crippen molar-refractivity contribution in [2.45, 2.75) is 25.3 Å². The first-order valence-electron chi connectivity index (χ1n) is 6.35. The molecule has 1 fully saturated rings. The molecule has 3 rings (SSSR count). The number of nitrogens with zero attached hydrogens (tertiary/aromatic N) is 1. The van der Waals surface area contributed by atoms with E-state index in [-0.39, 0.29) is 11.6 Å². The molecule has 2 amide bonds. The number of amides is 2. The Labute approximate surface area is 111 Å². The highest BCUT2D eigenvalue weighted by Crippen LogP contribution is 2.45. The highest BCUT2D eigenvalue weighted by Gasteiger charge is 2.45. The molecule has 0 radical (unpaired) electrons. The summed E-state index contributed by atoms with van der Waals surface area (Å²) in [5.41, 5.74) is 1.87. The third kappa shape index (κ3) is 2.45. The molecule has 1 aromatic carbocycles. The topological polar surface area (TPSA) is 69.8 Å². The maximum atomic E-state index is 12.0. The SMILES string of the molecule is Cc1cc(NC(=O)NC2(c3ccccc3)CC2)n[nH]1. The van der Waals surface area contributed by atoms with E-state index in [1.807, 2.05) is 37.3 Å². The summed E-state index contributed by atoms with van der Waals surface area (Å²) < 4.78 is 0. The highest BCUT2D eigenvalue weighted by molar-refractivity contribution is 5.89. The Morgan fingerprint density at radius 3 is 2.63 bits per heavy atom. The minimum absolute atomic E-state index is 0.198. The van der Waals surface area contributed by atoms with Crippen molar-refractivity contribution in [3.63, 3.8) is 0 Å². The summed E-state index contributed by atoms with van der Waals surface area (Å²) in [5, 5.41) is 12.5. The molecule has 5 nitrogen and oxygen atoms in total. The van der Waals surface area contributed by atoms with Gasteiger partial charge in [0, 0.05) is 11.8 Å². The van der Waals surface area contributed by atoms with E-state index in [0.717, 1.165) is 24.1 Å². The second-order valence-corrected chi connectivity index (χ2v) is 4.96. The molecular formula is C14H16N4O. The minimum Gasteiger partial charge on any atom is -0.328 e. The number of hydrogen-bond acceptors (Lipinski definition) is 2. The van der Waals surface area contributed by atoms with Crippen LogP contribution in [0.15, 0.2) is 36.4 Å². The summed E-state index contributed by atoms with van der Waals surface area (Å²) in [6.45, 7) is 1.89. The van der Waals surface area contributed by atoms with Crippen molar-refractivity contribution in [2.24, 2.45) is 0 Å². The Hall–Kier alpha value is -2.30. The monoisotopic (exact) mass is 256 g/mol. The van der Waals surface area contributed by atoms with Crippen LogP contribution in [0, 0.1) is 6.92 Å². The van der Waals surface area contributed by atoms with Gasteiger partial charge < -0.3 is 5.32 Å². The van der Waals surface area contributed by atoms with Crippen molar-refractivity contribution < 1.29 is 4.79 Å². The molecule has 1 heterocycles. The molecule has 1 aliphatic rings. The van der Waals surface area contributed by atoms with Crippen LogP contribution in [0.2, 0.25) is 0 Å². The summed E-state index contributed by atoms with van der Waals surface area (Å²) in [4.78, 5) is 12.0. The van der Waals surface area contributed by atoms with E-state index < -0.39 is 0 Å². The zero-order valence-corrected chi connectivity index (χ0v) is 10.7. The van der Waals surface area contributed by atoms with Gasteiger partial charge in [0.1, 0.15) is 0 Å². The molecule has 0 atom stereocenters. The molecule has 0 unspecified atom stereocenters. The number of carbonyl (C=O) groups is 1. The molecule has 0 spiro atoms. The number of urea groups is 1. The summed E-state index contributed by atoms with van der Waals surface area (Å²) in [6.07, 6.45) is 1.95. The van der Waals surface area contributed by atoms with Crippen LogP contribution in [0.5, 0.6) is 0 Å². The summed E-state index contributed by atoms with van der Waals surface area (Å²) >= 11 is 0. The van der Waals surface area contributed by atoms with Crippen molar-refractivity contribution in [2.75, 3.05) is 5.32 Å². The number of anilines is 1. The second-order valence-electron chi connectivity index (χ2n) is 4.96. The summed E-state index contributed by atoms with van der Waals surface area (Å²) in [7, 11) is 0. The third-order valence-electron chi connectivity index (χ3n) is 3.38. The second kappa shape index (κ2) is 4.42. The number of carbonyl (C=O) groups excluding carboxylic acids is 1. The smallest absolute Gasteiger partial charge is 0.321 e. The number of benzene rings is 1. The molecule has 1 aliphatic carbocycles. The standard InChI is InChI=1S/C14H16N4O/c1-10-9-12(18-17-10)15-13(19)16-14(7-8-14)11-5-3-2-4-6-11/h2-6,9H,7-8H2,1H3,(H3,15,16,17,18,19).